The summed E-state index contributed by atoms with van der Waals surface area (Å²) in [5.41, 5.74) is 0.522. The fraction of sp³-hybridized carbons (Fsp3) is 0.667. The van der Waals surface area contributed by atoms with Crippen molar-refractivity contribution in [3.63, 3.8) is 0 Å². The highest BCUT2D eigenvalue weighted by atomic mass is 35.5. The van der Waals surface area contributed by atoms with E-state index in [4.69, 9.17) is 16.3 Å². The Morgan fingerprint density at radius 1 is 1.27 bits per heavy atom. The number of carbonyl (C=O) groups is 1. The first-order valence-corrected chi connectivity index (χ1v) is 9.60. The van der Waals surface area contributed by atoms with Gasteiger partial charge in [-0.05, 0) is 20.0 Å². The topological polar surface area (TPSA) is 60.9 Å². The number of pyridine rings is 1. The highest BCUT2D eigenvalue weighted by Crippen LogP contribution is 2.22. The number of anilines is 1. The van der Waals surface area contributed by atoms with Crippen molar-refractivity contribution in [2.75, 3.05) is 71.4 Å². The zero-order valence-electron chi connectivity index (χ0n) is 15.6. The normalized spacial score (nSPS) is 20.8. The van der Waals surface area contributed by atoms with Crippen molar-refractivity contribution in [1.82, 2.24) is 19.7 Å². The quantitative estimate of drug-likeness (QED) is 0.828. The maximum atomic E-state index is 12.5. The third kappa shape index (κ3) is 5.07. The van der Waals surface area contributed by atoms with Gasteiger partial charge in [-0.3, -0.25) is 9.69 Å². The van der Waals surface area contributed by atoms with E-state index in [1.165, 1.54) is 0 Å². The van der Waals surface area contributed by atoms with Gasteiger partial charge in [-0.2, -0.15) is 0 Å². The number of rotatable bonds is 5. The van der Waals surface area contributed by atoms with E-state index in [1.54, 1.807) is 17.2 Å². The lowest BCUT2D eigenvalue weighted by Crippen LogP contribution is -2.47. The Bertz CT molecular complexity index is 616. The number of amides is 1. The molecule has 0 spiro atoms. The summed E-state index contributed by atoms with van der Waals surface area (Å²) >= 11 is 6.38. The summed E-state index contributed by atoms with van der Waals surface area (Å²) in [6, 6.07) is 1.93. The maximum Gasteiger partial charge on any atom is 0.255 e. The summed E-state index contributed by atoms with van der Waals surface area (Å²) in [6.45, 7) is 9.81. The van der Waals surface area contributed by atoms with E-state index in [2.05, 4.69) is 34.1 Å². The van der Waals surface area contributed by atoms with Crippen LogP contribution in [0.15, 0.2) is 12.3 Å². The van der Waals surface area contributed by atoms with Crippen LogP contribution in [0.4, 0.5) is 5.82 Å². The molecule has 1 atom stereocenters. The Hall–Kier alpha value is -1.41. The van der Waals surface area contributed by atoms with E-state index < -0.39 is 0 Å². The lowest BCUT2D eigenvalue weighted by atomic mass is 10.2. The van der Waals surface area contributed by atoms with Gasteiger partial charge >= 0.3 is 0 Å². The summed E-state index contributed by atoms with van der Waals surface area (Å²) in [7, 11) is 2.16. The molecule has 1 unspecified atom stereocenters. The van der Waals surface area contributed by atoms with Crippen LogP contribution in [0.25, 0.3) is 0 Å². The molecule has 3 heterocycles. The van der Waals surface area contributed by atoms with E-state index in [1.807, 2.05) is 0 Å². The van der Waals surface area contributed by atoms with E-state index in [0.29, 0.717) is 42.7 Å². The molecule has 2 saturated heterocycles. The molecule has 3 rings (SSSR count). The zero-order chi connectivity index (χ0) is 18.5. The second kappa shape index (κ2) is 8.99. The Kier molecular flexibility index (Phi) is 6.69. The largest absolute Gasteiger partial charge is 0.378 e. The molecule has 144 valence electrons. The highest BCUT2D eigenvalue weighted by molar-refractivity contribution is 6.33. The third-order valence-electron chi connectivity index (χ3n) is 4.90. The standard InChI is InChI=1S/C18H28ClN5O2/c1-14(13-23-5-3-22(2)4-6-23)21-17-16(19)11-15(12-20-17)18(25)24-7-9-26-10-8-24/h11-12,14H,3-10,13H2,1-2H3,(H,20,21). The molecular weight excluding hydrogens is 354 g/mol. The first-order chi connectivity index (χ1) is 12.5. The number of nitrogens with one attached hydrogen (secondary N) is 1. The van der Waals surface area contributed by atoms with Crippen LogP contribution in [0.1, 0.15) is 17.3 Å². The monoisotopic (exact) mass is 381 g/mol. The van der Waals surface area contributed by atoms with Gasteiger partial charge in [-0.25, -0.2) is 4.98 Å². The number of morpholine rings is 1. The molecule has 0 bridgehead atoms. The van der Waals surface area contributed by atoms with Crippen molar-refractivity contribution < 1.29 is 9.53 Å². The van der Waals surface area contributed by atoms with Crippen LogP contribution in [-0.2, 0) is 4.74 Å². The Balaban J connectivity index is 1.56. The molecule has 0 aliphatic carbocycles. The van der Waals surface area contributed by atoms with Crippen LogP contribution in [0.3, 0.4) is 0 Å². The molecule has 2 aliphatic rings. The molecule has 2 aliphatic heterocycles. The van der Waals surface area contributed by atoms with Gasteiger partial charge in [0.2, 0.25) is 0 Å². The zero-order valence-corrected chi connectivity index (χ0v) is 16.3. The average Bonchev–Trinajstić information content (AvgIpc) is 2.65. The van der Waals surface area contributed by atoms with Gasteiger partial charge < -0.3 is 19.9 Å². The lowest BCUT2D eigenvalue weighted by molar-refractivity contribution is 0.0302. The molecule has 1 aromatic heterocycles. The minimum Gasteiger partial charge on any atom is -0.378 e. The molecule has 0 saturated carbocycles. The first kappa shape index (κ1) is 19.4. The maximum absolute atomic E-state index is 12.5. The van der Waals surface area contributed by atoms with Crippen LogP contribution in [-0.4, -0.2) is 97.7 Å². The second-order valence-corrected chi connectivity index (χ2v) is 7.52. The molecule has 2 fully saturated rings. The summed E-state index contributed by atoms with van der Waals surface area (Å²) < 4.78 is 5.29. The lowest BCUT2D eigenvalue weighted by Gasteiger charge is -2.34. The van der Waals surface area contributed by atoms with Gasteiger partial charge in [-0.15, -0.1) is 0 Å². The van der Waals surface area contributed by atoms with Crippen molar-refractivity contribution in [3.05, 3.63) is 22.8 Å². The minimum atomic E-state index is -0.0419. The number of nitrogens with zero attached hydrogens (tertiary/aromatic N) is 4. The minimum absolute atomic E-state index is 0.0419. The van der Waals surface area contributed by atoms with Crippen LogP contribution >= 0.6 is 11.6 Å². The number of hydrogen-bond donors (Lipinski definition) is 1. The molecule has 1 N–H and O–H groups in total. The number of piperazine rings is 1. The van der Waals surface area contributed by atoms with Gasteiger partial charge in [0.15, 0.2) is 0 Å². The van der Waals surface area contributed by atoms with E-state index in [9.17, 15) is 4.79 Å². The Morgan fingerprint density at radius 2 is 1.96 bits per heavy atom. The van der Waals surface area contributed by atoms with Crippen molar-refractivity contribution in [2.24, 2.45) is 0 Å². The third-order valence-corrected chi connectivity index (χ3v) is 5.19. The summed E-state index contributed by atoms with van der Waals surface area (Å²) in [5, 5.41) is 3.85. The molecule has 7 nitrogen and oxygen atoms in total. The van der Waals surface area contributed by atoms with Crippen molar-refractivity contribution >= 4 is 23.3 Å². The van der Waals surface area contributed by atoms with Gasteiger partial charge in [0.05, 0.1) is 23.8 Å². The van der Waals surface area contributed by atoms with Gasteiger partial charge in [0, 0.05) is 58.1 Å². The summed E-state index contributed by atoms with van der Waals surface area (Å²) in [4.78, 5) is 23.5. The average molecular weight is 382 g/mol. The van der Waals surface area contributed by atoms with Crippen LogP contribution < -0.4 is 5.32 Å². The number of hydrogen-bond acceptors (Lipinski definition) is 6. The smallest absolute Gasteiger partial charge is 0.255 e. The second-order valence-electron chi connectivity index (χ2n) is 7.11. The number of aromatic nitrogens is 1. The van der Waals surface area contributed by atoms with Crippen LogP contribution in [0, 0.1) is 0 Å². The van der Waals surface area contributed by atoms with Gasteiger partial charge in [-0.1, -0.05) is 11.6 Å². The Morgan fingerprint density at radius 3 is 2.62 bits per heavy atom. The predicted octanol–water partition coefficient (Wildman–Crippen LogP) is 1.26. The molecular formula is C18H28ClN5O2. The molecule has 26 heavy (non-hydrogen) atoms. The van der Waals surface area contributed by atoms with Crippen LogP contribution in [0.5, 0.6) is 0 Å². The first-order valence-electron chi connectivity index (χ1n) is 9.23. The fourth-order valence-corrected chi connectivity index (χ4v) is 3.53. The molecule has 1 amide bonds. The van der Waals surface area contributed by atoms with Gasteiger partial charge in [0.25, 0.3) is 5.91 Å². The van der Waals surface area contributed by atoms with Crippen LogP contribution in [0.2, 0.25) is 5.02 Å². The Labute approximate surface area is 160 Å². The number of likely N-dealkylation sites (N-methyl/N-ethyl adjacent to an activating group) is 1. The highest BCUT2D eigenvalue weighted by Gasteiger charge is 2.21. The fourth-order valence-electron chi connectivity index (χ4n) is 3.31. The summed E-state index contributed by atoms with van der Waals surface area (Å²) in [6.07, 6.45) is 1.61. The molecule has 8 heteroatoms. The van der Waals surface area contributed by atoms with Crippen molar-refractivity contribution in [3.8, 4) is 0 Å². The predicted molar refractivity (Wildman–Crippen MR) is 103 cm³/mol. The molecule has 0 radical (unpaired) electrons. The van der Waals surface area contributed by atoms with Crippen molar-refractivity contribution in [1.29, 1.82) is 0 Å². The number of halogens is 1. The summed E-state index contributed by atoms with van der Waals surface area (Å²) in [5.74, 6) is 0.589. The molecule has 1 aromatic rings. The van der Waals surface area contributed by atoms with E-state index in [0.717, 1.165) is 32.7 Å². The van der Waals surface area contributed by atoms with Gasteiger partial charge in [0.1, 0.15) is 5.82 Å². The van der Waals surface area contributed by atoms with Crippen molar-refractivity contribution in [2.45, 2.75) is 13.0 Å². The number of ether oxygens (including phenoxy) is 1. The SMILES string of the molecule is CC(CN1CCN(C)CC1)Nc1ncc(C(=O)N2CCOCC2)cc1Cl. The van der Waals surface area contributed by atoms with E-state index in [-0.39, 0.29) is 11.9 Å². The number of carbonyl (C=O) groups excluding carboxylic acids is 1. The molecule has 0 aromatic carbocycles. The van der Waals surface area contributed by atoms with E-state index >= 15 is 0 Å².